The topological polar surface area (TPSA) is 7.76 Å². The van der Waals surface area contributed by atoms with Crippen molar-refractivity contribution in [3.05, 3.63) is 59.7 Å². The molecular formula is C22H24N2+2. The molecule has 2 aromatic heterocycles. The van der Waals surface area contributed by atoms with E-state index in [1.807, 2.05) is 0 Å². The standard InChI is InChI=1S/C22H24N2/c1-2-12-23-19(8-1)17-11-10-14-13-15-5-3-9-20-16-6-4-7-18(16)22(23,21(14)17)24(15)20/h1-3,5,8-9,12,14,16-18,21H,4,6-7,10-11,13H2/q+2. The van der Waals surface area contributed by atoms with Crippen LogP contribution < -0.4 is 9.13 Å². The van der Waals surface area contributed by atoms with E-state index in [-0.39, 0.29) is 5.66 Å². The normalized spacial score (nSPS) is 42.6. The van der Waals surface area contributed by atoms with Crippen LogP contribution in [0.25, 0.3) is 0 Å². The Morgan fingerprint density at radius 2 is 1.83 bits per heavy atom. The molecule has 0 amide bonds. The van der Waals surface area contributed by atoms with Gasteiger partial charge in [0, 0.05) is 30.7 Å². The van der Waals surface area contributed by atoms with Crippen LogP contribution in [0.1, 0.15) is 61.0 Å². The van der Waals surface area contributed by atoms with Crippen molar-refractivity contribution >= 4 is 0 Å². The molecule has 2 heteroatoms. The van der Waals surface area contributed by atoms with Crippen LogP contribution in [0.2, 0.25) is 0 Å². The van der Waals surface area contributed by atoms with Crippen molar-refractivity contribution < 1.29 is 9.13 Å². The maximum absolute atomic E-state index is 2.86. The quantitative estimate of drug-likeness (QED) is 0.660. The first-order valence-corrected chi connectivity index (χ1v) is 9.96. The van der Waals surface area contributed by atoms with E-state index in [0.29, 0.717) is 0 Å². The lowest BCUT2D eigenvalue weighted by atomic mass is 9.70. The molecule has 6 atom stereocenters. The number of rotatable bonds is 0. The number of hydrogen-bond acceptors (Lipinski definition) is 0. The Hall–Kier alpha value is -1.70. The number of pyridine rings is 2. The molecule has 24 heavy (non-hydrogen) atoms. The number of fused-ring (bicyclic) bond motifs is 4. The van der Waals surface area contributed by atoms with Crippen LogP contribution in [0, 0.1) is 17.8 Å². The summed E-state index contributed by atoms with van der Waals surface area (Å²) in [5.41, 5.74) is 5.14. The molecule has 3 aliphatic heterocycles. The molecule has 2 fully saturated rings. The molecule has 2 aromatic rings. The summed E-state index contributed by atoms with van der Waals surface area (Å²) in [6.45, 7) is 0. The predicted octanol–water partition coefficient (Wildman–Crippen LogP) is 3.04. The molecule has 2 saturated carbocycles. The van der Waals surface area contributed by atoms with E-state index in [1.165, 1.54) is 38.5 Å². The lowest BCUT2D eigenvalue weighted by Gasteiger charge is -2.34. The van der Waals surface area contributed by atoms with Crippen LogP contribution in [0.4, 0.5) is 0 Å². The summed E-state index contributed by atoms with van der Waals surface area (Å²) in [6, 6.07) is 14.2. The van der Waals surface area contributed by atoms with E-state index in [4.69, 9.17) is 0 Å². The van der Waals surface area contributed by atoms with Crippen LogP contribution in [0.15, 0.2) is 42.6 Å². The first-order chi connectivity index (χ1) is 11.9. The molecule has 5 heterocycles. The molecule has 0 N–H and O–H groups in total. The van der Waals surface area contributed by atoms with Gasteiger partial charge in [0.1, 0.15) is 11.8 Å². The van der Waals surface area contributed by atoms with Gasteiger partial charge in [-0.25, -0.2) is 0 Å². The maximum atomic E-state index is 2.86. The third kappa shape index (κ3) is 1.12. The number of nitrogens with zero attached hydrogens (tertiary/aromatic N) is 2. The van der Waals surface area contributed by atoms with Crippen LogP contribution in [-0.2, 0) is 12.1 Å². The Balaban J connectivity index is 1.66. The van der Waals surface area contributed by atoms with Gasteiger partial charge in [0.15, 0.2) is 23.3 Å². The minimum absolute atomic E-state index is 0.230. The van der Waals surface area contributed by atoms with Gasteiger partial charge in [-0.1, -0.05) is 12.5 Å². The van der Waals surface area contributed by atoms with Gasteiger partial charge in [-0.3, -0.25) is 0 Å². The third-order valence-electron chi connectivity index (χ3n) is 8.31. The zero-order valence-corrected chi connectivity index (χ0v) is 14.1. The van der Waals surface area contributed by atoms with Crippen LogP contribution in [-0.4, -0.2) is 0 Å². The van der Waals surface area contributed by atoms with E-state index in [2.05, 4.69) is 51.7 Å². The summed E-state index contributed by atoms with van der Waals surface area (Å²) < 4.78 is 5.62. The minimum Gasteiger partial charge on any atom is -0.138 e. The van der Waals surface area contributed by atoms with Crippen molar-refractivity contribution in [3.63, 3.8) is 0 Å². The summed E-state index contributed by atoms with van der Waals surface area (Å²) in [6.07, 6.45) is 10.8. The van der Waals surface area contributed by atoms with Gasteiger partial charge in [-0.2, -0.15) is 0 Å². The van der Waals surface area contributed by atoms with Gasteiger partial charge < -0.3 is 0 Å². The first kappa shape index (κ1) is 12.6. The van der Waals surface area contributed by atoms with Gasteiger partial charge in [0.05, 0.1) is 11.8 Å². The van der Waals surface area contributed by atoms with E-state index in [1.54, 1.807) is 17.1 Å². The first-order valence-electron chi connectivity index (χ1n) is 9.96. The fraction of sp³-hybridized carbons (Fsp3) is 0.545. The molecule has 6 unspecified atom stereocenters. The second-order valence-electron chi connectivity index (χ2n) is 8.87. The summed E-state index contributed by atoms with van der Waals surface area (Å²) in [5, 5.41) is 0. The minimum atomic E-state index is 0.230. The summed E-state index contributed by atoms with van der Waals surface area (Å²) in [5.74, 6) is 4.14. The Morgan fingerprint density at radius 3 is 2.83 bits per heavy atom. The van der Waals surface area contributed by atoms with Gasteiger partial charge in [0.2, 0.25) is 0 Å². The predicted molar refractivity (Wildman–Crippen MR) is 89.4 cm³/mol. The van der Waals surface area contributed by atoms with Gasteiger partial charge in [-0.05, 0) is 37.7 Å². The average Bonchev–Trinajstić information content (AvgIpc) is 3.35. The largest absolute Gasteiger partial charge is 0.368 e. The zero-order valence-electron chi connectivity index (χ0n) is 14.1. The average molecular weight is 316 g/mol. The molecule has 0 aromatic carbocycles. The molecular weight excluding hydrogens is 292 g/mol. The Kier molecular flexibility index (Phi) is 2.07. The van der Waals surface area contributed by atoms with Gasteiger partial charge in [-0.15, -0.1) is 9.13 Å². The van der Waals surface area contributed by atoms with E-state index in [9.17, 15) is 0 Å². The van der Waals surface area contributed by atoms with Crippen molar-refractivity contribution in [2.24, 2.45) is 17.8 Å². The lowest BCUT2D eigenvalue weighted by molar-refractivity contribution is -1.00. The molecule has 0 saturated heterocycles. The Morgan fingerprint density at radius 1 is 0.875 bits per heavy atom. The molecule has 2 aliphatic carbocycles. The number of aromatic nitrogens is 2. The molecule has 1 spiro atoms. The molecule has 5 aliphatic rings. The second-order valence-corrected chi connectivity index (χ2v) is 8.87. The highest BCUT2D eigenvalue weighted by Gasteiger charge is 2.81. The van der Waals surface area contributed by atoms with Crippen molar-refractivity contribution in [2.45, 2.75) is 56.0 Å². The zero-order chi connectivity index (χ0) is 15.5. The summed E-state index contributed by atoms with van der Waals surface area (Å²) >= 11 is 0. The van der Waals surface area contributed by atoms with Gasteiger partial charge >= 0.3 is 5.66 Å². The third-order valence-corrected chi connectivity index (χ3v) is 8.31. The monoisotopic (exact) mass is 316 g/mol. The Labute approximate surface area is 143 Å². The Bertz CT molecular complexity index is 887. The smallest absolute Gasteiger partial charge is 0.138 e. The molecule has 0 radical (unpaired) electrons. The van der Waals surface area contributed by atoms with Crippen molar-refractivity contribution in [2.75, 3.05) is 0 Å². The van der Waals surface area contributed by atoms with Gasteiger partial charge in [0.25, 0.3) is 0 Å². The summed E-state index contributed by atoms with van der Waals surface area (Å²) in [7, 11) is 0. The molecule has 120 valence electrons. The SMILES string of the molecule is c1cc[n+]2c(c1)C1CCC3Cc4cccc5[n+]4C2(C2CCCC52)C31. The van der Waals surface area contributed by atoms with Crippen molar-refractivity contribution in [1.82, 2.24) is 0 Å². The lowest BCUT2D eigenvalue weighted by Crippen LogP contribution is -2.78. The van der Waals surface area contributed by atoms with E-state index >= 15 is 0 Å². The maximum Gasteiger partial charge on any atom is 0.368 e. The highest BCUT2D eigenvalue weighted by atomic mass is 15.3. The second kappa shape index (κ2) is 3.92. The summed E-state index contributed by atoms with van der Waals surface area (Å²) in [4.78, 5) is 0. The van der Waals surface area contributed by atoms with E-state index < -0.39 is 0 Å². The fourth-order valence-corrected chi connectivity index (χ4v) is 7.93. The molecule has 2 nitrogen and oxygen atoms in total. The van der Waals surface area contributed by atoms with Crippen LogP contribution in [0.5, 0.6) is 0 Å². The highest BCUT2D eigenvalue weighted by Crippen LogP contribution is 2.63. The number of hydrogen-bond donors (Lipinski definition) is 0. The molecule has 0 bridgehead atoms. The fourth-order valence-electron chi connectivity index (χ4n) is 7.93. The molecule has 7 rings (SSSR count). The van der Waals surface area contributed by atoms with E-state index in [0.717, 1.165) is 29.6 Å². The van der Waals surface area contributed by atoms with Crippen LogP contribution in [0.3, 0.4) is 0 Å². The highest BCUT2D eigenvalue weighted by molar-refractivity contribution is 5.25. The van der Waals surface area contributed by atoms with Crippen molar-refractivity contribution in [3.8, 4) is 0 Å². The van der Waals surface area contributed by atoms with Crippen molar-refractivity contribution in [1.29, 1.82) is 0 Å². The van der Waals surface area contributed by atoms with Crippen LogP contribution >= 0.6 is 0 Å².